The maximum absolute atomic E-state index is 5.29. The fourth-order valence-corrected chi connectivity index (χ4v) is 7.25. The summed E-state index contributed by atoms with van der Waals surface area (Å²) in [7, 11) is 0. The number of fused-ring (bicyclic) bond motifs is 1. The Morgan fingerprint density at radius 2 is 0.649 bits per heavy atom. The molecule has 0 aliphatic heterocycles. The van der Waals surface area contributed by atoms with Crippen LogP contribution >= 0.6 is 0 Å². The van der Waals surface area contributed by atoms with Crippen LogP contribution in [0.5, 0.6) is 0 Å². The predicted octanol–water partition coefficient (Wildman–Crippen LogP) is 12.3. The second kappa shape index (κ2) is 14.8. The third-order valence-electron chi connectivity index (χ3n) is 10.0. The van der Waals surface area contributed by atoms with Crippen molar-refractivity contribution in [1.29, 1.82) is 0 Å². The third-order valence-corrected chi connectivity index (χ3v) is 10.0. The zero-order chi connectivity index (χ0) is 38.0. The van der Waals surface area contributed by atoms with Gasteiger partial charge in [-0.15, -0.1) is 0 Å². The van der Waals surface area contributed by atoms with Crippen LogP contribution in [0.25, 0.3) is 95.9 Å². The van der Waals surface area contributed by atoms with E-state index in [0.29, 0.717) is 11.6 Å². The van der Waals surface area contributed by atoms with Crippen molar-refractivity contribution in [1.82, 2.24) is 29.5 Å². The Morgan fingerprint density at radius 1 is 0.281 bits per heavy atom. The van der Waals surface area contributed by atoms with Crippen molar-refractivity contribution < 1.29 is 0 Å². The van der Waals surface area contributed by atoms with Crippen LogP contribution < -0.4 is 0 Å². The first-order valence-corrected chi connectivity index (χ1v) is 18.9. The van der Waals surface area contributed by atoms with Gasteiger partial charge in [0.1, 0.15) is 5.82 Å². The summed E-state index contributed by atoms with van der Waals surface area (Å²) < 4.78 is 2.23. The highest BCUT2D eigenvalue weighted by Gasteiger charge is 2.20. The van der Waals surface area contributed by atoms with Gasteiger partial charge in [0.2, 0.25) is 0 Å². The topological polar surface area (TPSA) is 69.4 Å². The summed E-state index contributed by atoms with van der Waals surface area (Å²) in [5.41, 5.74) is 12.8. The van der Waals surface area contributed by atoms with Gasteiger partial charge in [-0.2, -0.15) is 0 Å². The van der Waals surface area contributed by atoms with Gasteiger partial charge in [-0.3, -0.25) is 4.57 Å². The first-order chi connectivity index (χ1) is 28.2. The molecule has 0 aliphatic carbocycles. The Balaban J connectivity index is 1.26. The van der Waals surface area contributed by atoms with Gasteiger partial charge in [-0.1, -0.05) is 152 Å². The molecule has 0 saturated carbocycles. The van der Waals surface area contributed by atoms with Crippen LogP contribution in [0, 0.1) is 0 Å². The number of hydrogen-bond acceptors (Lipinski definition) is 5. The molecule has 3 heterocycles. The molecule has 0 N–H and O–H groups in total. The maximum Gasteiger partial charge on any atom is 0.160 e. The van der Waals surface area contributed by atoms with E-state index in [4.69, 9.17) is 24.9 Å². The zero-order valence-corrected chi connectivity index (χ0v) is 30.8. The molecule has 10 rings (SSSR count). The molecule has 3 aromatic heterocycles. The summed E-state index contributed by atoms with van der Waals surface area (Å²) in [5.74, 6) is 2.11. The number of rotatable bonds is 8. The summed E-state index contributed by atoms with van der Waals surface area (Å²) in [6, 6.07) is 70.2. The van der Waals surface area contributed by atoms with E-state index in [9.17, 15) is 0 Å². The minimum absolute atomic E-state index is 0.648. The fraction of sp³-hybridized carbons (Fsp3) is 0. The fourth-order valence-electron chi connectivity index (χ4n) is 7.25. The van der Waals surface area contributed by atoms with E-state index in [1.54, 1.807) is 0 Å². The largest absolute Gasteiger partial charge is 0.292 e. The molecule has 0 amide bonds. The normalized spacial score (nSPS) is 11.2. The van der Waals surface area contributed by atoms with Crippen LogP contribution in [-0.2, 0) is 0 Å². The molecule has 0 bridgehead atoms. The van der Waals surface area contributed by atoms with Crippen molar-refractivity contribution in [3.05, 3.63) is 206 Å². The van der Waals surface area contributed by atoms with Crippen molar-refractivity contribution in [2.45, 2.75) is 0 Å². The van der Waals surface area contributed by atoms with Crippen LogP contribution in [0.15, 0.2) is 206 Å². The van der Waals surface area contributed by atoms with Gasteiger partial charge >= 0.3 is 0 Å². The summed E-state index contributed by atoms with van der Waals surface area (Å²) in [6.45, 7) is 0. The first-order valence-electron chi connectivity index (χ1n) is 18.9. The summed E-state index contributed by atoms with van der Waals surface area (Å²) in [5, 5.41) is 0. The van der Waals surface area contributed by atoms with E-state index in [1.807, 2.05) is 84.9 Å². The van der Waals surface area contributed by atoms with Crippen molar-refractivity contribution >= 4 is 11.0 Å². The van der Waals surface area contributed by atoms with Gasteiger partial charge in [-0.05, 0) is 54.6 Å². The van der Waals surface area contributed by atoms with Crippen LogP contribution in [0.1, 0.15) is 0 Å². The lowest BCUT2D eigenvalue weighted by Crippen LogP contribution is -2.00. The molecule has 0 saturated heterocycles. The summed E-state index contributed by atoms with van der Waals surface area (Å²) in [6.07, 6.45) is 0. The monoisotopic (exact) mass is 730 g/mol. The van der Waals surface area contributed by atoms with E-state index < -0.39 is 0 Å². The molecule has 0 radical (unpaired) electrons. The zero-order valence-electron chi connectivity index (χ0n) is 30.8. The average molecular weight is 731 g/mol. The molecule has 6 heteroatoms. The third kappa shape index (κ3) is 6.77. The lowest BCUT2D eigenvalue weighted by atomic mass is 9.98. The number of aromatic nitrogens is 6. The van der Waals surface area contributed by atoms with Gasteiger partial charge < -0.3 is 0 Å². The quantitative estimate of drug-likeness (QED) is 0.156. The molecule has 57 heavy (non-hydrogen) atoms. The molecule has 10 aromatic rings. The van der Waals surface area contributed by atoms with Gasteiger partial charge in [-0.25, -0.2) is 24.9 Å². The maximum atomic E-state index is 5.29. The van der Waals surface area contributed by atoms with E-state index in [0.717, 1.165) is 84.3 Å². The van der Waals surface area contributed by atoms with Gasteiger partial charge in [0, 0.05) is 44.6 Å². The van der Waals surface area contributed by atoms with Crippen LogP contribution in [0.4, 0.5) is 0 Å². The van der Waals surface area contributed by atoms with Gasteiger partial charge in [0.25, 0.3) is 0 Å². The Kier molecular flexibility index (Phi) is 8.74. The highest BCUT2D eigenvalue weighted by molar-refractivity contribution is 5.87. The van der Waals surface area contributed by atoms with Crippen LogP contribution in [0.3, 0.4) is 0 Å². The molecular formula is C51H34N6. The lowest BCUT2D eigenvalue weighted by molar-refractivity contribution is 1.10. The molecule has 0 fully saturated rings. The molecule has 0 atom stereocenters. The molecule has 6 nitrogen and oxygen atoms in total. The smallest absolute Gasteiger partial charge is 0.160 e. The highest BCUT2D eigenvalue weighted by Crippen LogP contribution is 2.37. The molecular weight excluding hydrogens is 697 g/mol. The summed E-state index contributed by atoms with van der Waals surface area (Å²) >= 11 is 0. The standard InChI is InChI=1S/C51H34N6/c1-6-18-35(19-7-1)44-33-46(54-49(52-44)37-22-10-3-11-23-37)39-30-40(47-34-45(36-20-8-2-9-21-36)53-50(55-47)38-24-12-4-13-25-38)32-41(31-39)51-56-43-28-16-17-29-48(43)57(51)42-26-14-5-15-27-42/h1-34H. The number of para-hydroxylation sites is 3. The second-order valence-corrected chi connectivity index (χ2v) is 13.8. The van der Waals surface area contributed by atoms with Gasteiger partial charge in [0.05, 0.1) is 33.8 Å². The lowest BCUT2D eigenvalue weighted by Gasteiger charge is -2.15. The molecule has 7 aromatic carbocycles. The Labute approximate surface area is 330 Å². The van der Waals surface area contributed by atoms with E-state index in [1.165, 1.54) is 0 Å². The molecule has 0 aliphatic rings. The predicted molar refractivity (Wildman–Crippen MR) is 230 cm³/mol. The average Bonchev–Trinajstić information content (AvgIpc) is 3.70. The minimum Gasteiger partial charge on any atom is -0.292 e. The number of hydrogen-bond donors (Lipinski definition) is 0. The molecule has 0 spiro atoms. The first kappa shape index (κ1) is 33.7. The summed E-state index contributed by atoms with van der Waals surface area (Å²) in [4.78, 5) is 26.0. The SMILES string of the molecule is c1ccc(-c2cc(-c3cc(-c4cc(-c5ccccc5)nc(-c5ccccc5)n4)cc(-c4nc5ccccc5n4-c4ccccc4)c3)nc(-c3ccccc3)n2)cc1. The van der Waals surface area contributed by atoms with Gasteiger partial charge in [0.15, 0.2) is 11.6 Å². The van der Waals surface area contributed by atoms with Crippen molar-refractivity contribution in [3.8, 4) is 84.9 Å². The van der Waals surface area contributed by atoms with Crippen molar-refractivity contribution in [3.63, 3.8) is 0 Å². The highest BCUT2D eigenvalue weighted by atomic mass is 15.1. The number of nitrogens with zero attached hydrogens (tertiary/aromatic N) is 6. The Hall–Kier alpha value is -7.83. The molecule has 268 valence electrons. The van der Waals surface area contributed by atoms with Crippen molar-refractivity contribution in [2.24, 2.45) is 0 Å². The van der Waals surface area contributed by atoms with E-state index in [-0.39, 0.29) is 0 Å². The van der Waals surface area contributed by atoms with Crippen LogP contribution in [-0.4, -0.2) is 29.5 Å². The van der Waals surface area contributed by atoms with Crippen molar-refractivity contribution in [2.75, 3.05) is 0 Å². The molecule has 0 unspecified atom stereocenters. The Morgan fingerprint density at radius 3 is 1.12 bits per heavy atom. The number of benzene rings is 7. The Bertz CT molecular complexity index is 2720. The number of imidazole rings is 1. The minimum atomic E-state index is 0.648. The van der Waals surface area contributed by atoms with E-state index >= 15 is 0 Å². The van der Waals surface area contributed by atoms with Crippen LogP contribution in [0.2, 0.25) is 0 Å². The second-order valence-electron chi connectivity index (χ2n) is 13.8. The van der Waals surface area contributed by atoms with E-state index in [2.05, 4.69) is 126 Å².